The lowest BCUT2D eigenvalue weighted by Crippen LogP contribution is -2.34. The van der Waals surface area contributed by atoms with E-state index < -0.39 is 0 Å². The van der Waals surface area contributed by atoms with Crippen LogP contribution in [-0.2, 0) is 13.1 Å². The highest BCUT2D eigenvalue weighted by molar-refractivity contribution is 6.31. The molecular formula is C15H19ClN4. The van der Waals surface area contributed by atoms with E-state index in [4.69, 9.17) is 11.6 Å². The van der Waals surface area contributed by atoms with Gasteiger partial charge in [-0.05, 0) is 43.5 Å². The van der Waals surface area contributed by atoms with Crippen LogP contribution in [0, 0.1) is 5.92 Å². The van der Waals surface area contributed by atoms with E-state index in [0.29, 0.717) is 5.92 Å². The van der Waals surface area contributed by atoms with Crippen LogP contribution in [0.5, 0.6) is 0 Å². The van der Waals surface area contributed by atoms with Crippen molar-refractivity contribution in [3.05, 3.63) is 47.5 Å². The van der Waals surface area contributed by atoms with Crippen molar-refractivity contribution in [2.24, 2.45) is 5.92 Å². The number of benzene rings is 1. The van der Waals surface area contributed by atoms with Crippen LogP contribution in [0.4, 0.5) is 0 Å². The molecular weight excluding hydrogens is 272 g/mol. The summed E-state index contributed by atoms with van der Waals surface area (Å²) in [6.45, 7) is 4.20. The Bertz CT molecular complexity index is 533. The van der Waals surface area contributed by atoms with Gasteiger partial charge in [-0.25, -0.2) is 4.98 Å². The average Bonchev–Trinajstić information content (AvgIpc) is 2.96. The van der Waals surface area contributed by atoms with Gasteiger partial charge >= 0.3 is 0 Å². The highest BCUT2D eigenvalue weighted by Gasteiger charge is 2.20. The molecule has 1 aliphatic rings. The molecule has 0 amide bonds. The normalized spacial score (nSPS) is 17.4. The first kappa shape index (κ1) is 13.6. The average molecular weight is 291 g/mol. The van der Waals surface area contributed by atoms with Gasteiger partial charge in [0.15, 0.2) is 0 Å². The monoisotopic (exact) mass is 290 g/mol. The Kier molecular flexibility index (Phi) is 4.33. The SMILES string of the molecule is Clc1ccccc1CN1CCC(Cn2cncn2)CC1. The molecule has 1 aromatic carbocycles. The van der Waals surface area contributed by atoms with Crippen molar-refractivity contribution in [2.45, 2.75) is 25.9 Å². The van der Waals surface area contributed by atoms with E-state index in [-0.39, 0.29) is 0 Å². The van der Waals surface area contributed by atoms with Gasteiger partial charge in [0.2, 0.25) is 0 Å². The molecule has 0 aliphatic carbocycles. The summed E-state index contributed by atoms with van der Waals surface area (Å²) < 4.78 is 1.94. The van der Waals surface area contributed by atoms with Gasteiger partial charge in [0, 0.05) is 18.1 Å². The van der Waals surface area contributed by atoms with Gasteiger partial charge < -0.3 is 0 Å². The van der Waals surface area contributed by atoms with Crippen LogP contribution in [0.25, 0.3) is 0 Å². The summed E-state index contributed by atoms with van der Waals surface area (Å²) in [5.74, 6) is 0.708. The van der Waals surface area contributed by atoms with Crippen molar-refractivity contribution in [2.75, 3.05) is 13.1 Å². The zero-order chi connectivity index (χ0) is 13.8. The smallest absolute Gasteiger partial charge is 0.137 e. The first-order chi connectivity index (χ1) is 9.81. The number of hydrogen-bond acceptors (Lipinski definition) is 3. The molecule has 20 heavy (non-hydrogen) atoms. The van der Waals surface area contributed by atoms with Crippen LogP contribution in [0.3, 0.4) is 0 Å². The topological polar surface area (TPSA) is 34.0 Å². The van der Waals surface area contributed by atoms with Crippen molar-refractivity contribution in [1.29, 1.82) is 0 Å². The largest absolute Gasteiger partial charge is 0.299 e. The molecule has 0 unspecified atom stereocenters. The highest BCUT2D eigenvalue weighted by atomic mass is 35.5. The van der Waals surface area contributed by atoms with E-state index in [2.05, 4.69) is 27.1 Å². The minimum Gasteiger partial charge on any atom is -0.299 e. The van der Waals surface area contributed by atoms with Gasteiger partial charge in [0.1, 0.15) is 12.7 Å². The fourth-order valence-corrected chi connectivity index (χ4v) is 2.98. The molecule has 0 N–H and O–H groups in total. The lowest BCUT2D eigenvalue weighted by atomic mass is 9.96. The van der Waals surface area contributed by atoms with Crippen LogP contribution in [-0.4, -0.2) is 32.8 Å². The summed E-state index contributed by atoms with van der Waals surface area (Å²) in [5, 5.41) is 5.06. The summed E-state index contributed by atoms with van der Waals surface area (Å²) >= 11 is 6.22. The van der Waals surface area contributed by atoms with Gasteiger partial charge in [-0.2, -0.15) is 5.10 Å². The molecule has 3 rings (SSSR count). The third-order valence-corrected chi connectivity index (χ3v) is 4.34. The number of rotatable bonds is 4. The molecule has 5 heteroatoms. The van der Waals surface area contributed by atoms with E-state index >= 15 is 0 Å². The van der Waals surface area contributed by atoms with Gasteiger partial charge in [-0.15, -0.1) is 0 Å². The zero-order valence-corrected chi connectivity index (χ0v) is 12.2. The minimum atomic E-state index is 0.708. The standard InChI is InChI=1S/C15H19ClN4/c16-15-4-2-1-3-14(15)10-19-7-5-13(6-8-19)9-20-12-17-11-18-20/h1-4,11-13H,5-10H2. The molecule has 1 fully saturated rings. The maximum absolute atomic E-state index is 6.22. The second kappa shape index (κ2) is 6.37. The molecule has 106 valence electrons. The third kappa shape index (κ3) is 3.38. The Hall–Kier alpha value is -1.39. The molecule has 1 aliphatic heterocycles. The van der Waals surface area contributed by atoms with E-state index in [9.17, 15) is 0 Å². The zero-order valence-electron chi connectivity index (χ0n) is 11.5. The fraction of sp³-hybridized carbons (Fsp3) is 0.467. The minimum absolute atomic E-state index is 0.708. The van der Waals surface area contributed by atoms with Crippen LogP contribution in [0.2, 0.25) is 5.02 Å². The molecule has 0 radical (unpaired) electrons. The van der Waals surface area contributed by atoms with Crippen molar-refractivity contribution < 1.29 is 0 Å². The van der Waals surface area contributed by atoms with E-state index in [1.54, 1.807) is 12.7 Å². The second-order valence-corrected chi connectivity index (χ2v) is 5.84. The number of hydrogen-bond donors (Lipinski definition) is 0. The molecule has 1 saturated heterocycles. The lowest BCUT2D eigenvalue weighted by molar-refractivity contribution is 0.164. The maximum atomic E-state index is 6.22. The Morgan fingerprint density at radius 2 is 2.00 bits per heavy atom. The molecule has 0 spiro atoms. The molecule has 0 atom stereocenters. The first-order valence-corrected chi connectivity index (χ1v) is 7.47. The van der Waals surface area contributed by atoms with Gasteiger partial charge in [-0.3, -0.25) is 9.58 Å². The van der Waals surface area contributed by atoms with Crippen molar-refractivity contribution in [3.8, 4) is 0 Å². The van der Waals surface area contributed by atoms with Crippen molar-refractivity contribution >= 4 is 11.6 Å². The molecule has 0 bridgehead atoms. The number of halogens is 1. The molecule has 2 aromatic rings. The van der Waals surface area contributed by atoms with Crippen LogP contribution in [0.15, 0.2) is 36.9 Å². The number of aromatic nitrogens is 3. The first-order valence-electron chi connectivity index (χ1n) is 7.09. The molecule has 1 aromatic heterocycles. The van der Waals surface area contributed by atoms with Crippen LogP contribution < -0.4 is 0 Å². The van der Waals surface area contributed by atoms with Crippen LogP contribution in [0.1, 0.15) is 18.4 Å². The van der Waals surface area contributed by atoms with E-state index in [1.165, 1.54) is 18.4 Å². The Labute approximate surface area is 124 Å². The maximum Gasteiger partial charge on any atom is 0.137 e. The molecule has 0 saturated carbocycles. The summed E-state index contributed by atoms with van der Waals surface area (Å²) in [4.78, 5) is 6.48. The number of piperidine rings is 1. The number of nitrogens with zero attached hydrogens (tertiary/aromatic N) is 4. The Morgan fingerprint density at radius 1 is 1.20 bits per heavy atom. The fourth-order valence-electron chi connectivity index (χ4n) is 2.79. The van der Waals surface area contributed by atoms with Crippen molar-refractivity contribution in [1.82, 2.24) is 19.7 Å². The summed E-state index contributed by atoms with van der Waals surface area (Å²) in [6, 6.07) is 8.12. The number of likely N-dealkylation sites (tertiary alicyclic amines) is 1. The summed E-state index contributed by atoms with van der Waals surface area (Å²) in [5.41, 5.74) is 1.23. The predicted molar refractivity (Wildman–Crippen MR) is 79.5 cm³/mol. The quantitative estimate of drug-likeness (QED) is 0.868. The highest BCUT2D eigenvalue weighted by Crippen LogP contribution is 2.22. The van der Waals surface area contributed by atoms with E-state index in [1.807, 2.05) is 16.8 Å². The van der Waals surface area contributed by atoms with E-state index in [0.717, 1.165) is 31.2 Å². The summed E-state index contributed by atoms with van der Waals surface area (Å²) in [6.07, 6.45) is 5.83. The summed E-state index contributed by atoms with van der Waals surface area (Å²) in [7, 11) is 0. The van der Waals surface area contributed by atoms with Gasteiger partial charge in [0.25, 0.3) is 0 Å². The van der Waals surface area contributed by atoms with Gasteiger partial charge in [-0.1, -0.05) is 29.8 Å². The lowest BCUT2D eigenvalue weighted by Gasteiger charge is -2.32. The van der Waals surface area contributed by atoms with Crippen LogP contribution >= 0.6 is 11.6 Å². The van der Waals surface area contributed by atoms with Crippen molar-refractivity contribution in [3.63, 3.8) is 0 Å². The van der Waals surface area contributed by atoms with Gasteiger partial charge in [0.05, 0.1) is 0 Å². The molecule has 2 heterocycles. The third-order valence-electron chi connectivity index (χ3n) is 3.97. The Morgan fingerprint density at radius 3 is 2.70 bits per heavy atom. The predicted octanol–water partition coefficient (Wildman–Crippen LogP) is 2.84. The second-order valence-electron chi connectivity index (χ2n) is 5.43. The molecule has 4 nitrogen and oxygen atoms in total. The Balaban J connectivity index is 1.50.